The molecule has 0 saturated carbocycles. The minimum absolute atomic E-state index is 0.270. The van der Waals surface area contributed by atoms with Crippen LogP contribution in [0.15, 0.2) is 24.3 Å². The first-order chi connectivity index (χ1) is 13.7. The van der Waals surface area contributed by atoms with Crippen molar-refractivity contribution in [1.29, 1.82) is 0 Å². The molecule has 1 aliphatic carbocycles. The lowest BCUT2D eigenvalue weighted by molar-refractivity contribution is 0.174. The van der Waals surface area contributed by atoms with Crippen LogP contribution in [0.3, 0.4) is 0 Å². The second kappa shape index (κ2) is 6.99. The van der Waals surface area contributed by atoms with Gasteiger partial charge in [0.05, 0.1) is 21.3 Å². The Labute approximate surface area is 169 Å². The van der Waals surface area contributed by atoms with Crippen molar-refractivity contribution in [2.45, 2.75) is 12.3 Å². The fraction of sp³-hybridized carbons (Fsp3) is 0.455. The molecule has 5 rings (SSSR count). The van der Waals surface area contributed by atoms with Crippen LogP contribution in [0.25, 0.3) is 0 Å². The Morgan fingerprint density at radius 2 is 1.61 bits per heavy atom. The smallest absolute Gasteiger partial charge is 0.231 e. The van der Waals surface area contributed by atoms with E-state index in [1.807, 2.05) is 0 Å². The van der Waals surface area contributed by atoms with E-state index in [4.69, 9.17) is 23.7 Å². The standard InChI is InChI=1S/C22H24O5S/c1-23-19-6-13(7-20(24-2)22(19)25-3)21-15-8-18-17(26-11-27-18)5-12(15)4-14-9-28-10-16(14)21/h5-8,14,16,21H,4,9-11H2,1-3H3/t14-,16-,21-/m0/s1. The van der Waals surface area contributed by atoms with Gasteiger partial charge in [0, 0.05) is 5.92 Å². The van der Waals surface area contributed by atoms with Crippen LogP contribution in [0.1, 0.15) is 22.6 Å². The first-order valence-corrected chi connectivity index (χ1v) is 10.7. The van der Waals surface area contributed by atoms with E-state index >= 15 is 0 Å². The zero-order valence-electron chi connectivity index (χ0n) is 16.3. The second-order valence-electron chi connectivity index (χ2n) is 7.51. The molecule has 2 heterocycles. The van der Waals surface area contributed by atoms with Crippen molar-refractivity contribution >= 4 is 11.8 Å². The van der Waals surface area contributed by atoms with E-state index in [-0.39, 0.29) is 5.92 Å². The van der Waals surface area contributed by atoms with E-state index < -0.39 is 0 Å². The Morgan fingerprint density at radius 1 is 0.893 bits per heavy atom. The number of fused-ring (bicyclic) bond motifs is 3. The Bertz CT molecular complexity index is 887. The van der Waals surface area contributed by atoms with E-state index in [0.717, 1.165) is 17.9 Å². The van der Waals surface area contributed by atoms with E-state index in [1.165, 1.54) is 28.2 Å². The minimum atomic E-state index is 0.270. The summed E-state index contributed by atoms with van der Waals surface area (Å²) in [5, 5.41) is 0. The zero-order valence-corrected chi connectivity index (χ0v) is 17.1. The van der Waals surface area contributed by atoms with Crippen LogP contribution in [0.4, 0.5) is 0 Å². The third-order valence-electron chi connectivity index (χ3n) is 6.17. The van der Waals surface area contributed by atoms with Crippen LogP contribution >= 0.6 is 11.8 Å². The highest BCUT2D eigenvalue weighted by molar-refractivity contribution is 7.99. The topological polar surface area (TPSA) is 46.2 Å². The Hall–Kier alpha value is -2.21. The summed E-state index contributed by atoms with van der Waals surface area (Å²) in [6.45, 7) is 0.301. The molecule has 2 aromatic carbocycles. The predicted octanol–water partition coefficient (Wildman–Crippen LogP) is 4.11. The lowest BCUT2D eigenvalue weighted by atomic mass is 9.68. The first-order valence-electron chi connectivity index (χ1n) is 9.53. The summed E-state index contributed by atoms with van der Waals surface area (Å²) in [6, 6.07) is 8.57. The van der Waals surface area contributed by atoms with Crippen molar-refractivity contribution in [3.05, 3.63) is 41.0 Å². The van der Waals surface area contributed by atoms with Crippen molar-refractivity contribution in [3.8, 4) is 28.7 Å². The largest absolute Gasteiger partial charge is 0.493 e. The van der Waals surface area contributed by atoms with Crippen molar-refractivity contribution in [2.75, 3.05) is 39.6 Å². The highest BCUT2D eigenvalue weighted by Gasteiger charge is 2.42. The van der Waals surface area contributed by atoms with Gasteiger partial charge in [-0.2, -0.15) is 11.8 Å². The molecule has 0 spiro atoms. The van der Waals surface area contributed by atoms with Gasteiger partial charge in [-0.25, -0.2) is 0 Å². The van der Waals surface area contributed by atoms with Gasteiger partial charge in [-0.1, -0.05) is 0 Å². The molecule has 0 N–H and O–H groups in total. The van der Waals surface area contributed by atoms with Crippen molar-refractivity contribution in [2.24, 2.45) is 11.8 Å². The van der Waals surface area contributed by atoms with Crippen molar-refractivity contribution < 1.29 is 23.7 Å². The van der Waals surface area contributed by atoms with E-state index in [9.17, 15) is 0 Å². The van der Waals surface area contributed by atoms with Gasteiger partial charge >= 0.3 is 0 Å². The zero-order chi connectivity index (χ0) is 19.3. The number of benzene rings is 2. The van der Waals surface area contributed by atoms with E-state index in [2.05, 4.69) is 36.0 Å². The molecule has 3 atom stereocenters. The number of ether oxygens (including phenoxy) is 5. The van der Waals surface area contributed by atoms with Crippen LogP contribution in [0.5, 0.6) is 28.7 Å². The number of methoxy groups -OCH3 is 3. The van der Waals surface area contributed by atoms with E-state index in [0.29, 0.717) is 35.9 Å². The molecule has 2 aromatic rings. The maximum absolute atomic E-state index is 5.69. The van der Waals surface area contributed by atoms with Gasteiger partial charge in [-0.15, -0.1) is 0 Å². The SMILES string of the molecule is COc1cc([C@H]2c3cc4c(cc3C[C@H]3CSC[C@@H]32)OCO4)cc(OC)c1OC. The average Bonchev–Trinajstić information content (AvgIpc) is 3.37. The molecule has 0 aromatic heterocycles. The first kappa shape index (κ1) is 17.9. The van der Waals surface area contributed by atoms with Gasteiger partial charge in [0.2, 0.25) is 12.5 Å². The average molecular weight is 400 g/mol. The summed E-state index contributed by atoms with van der Waals surface area (Å²) in [4.78, 5) is 0. The summed E-state index contributed by atoms with van der Waals surface area (Å²) >= 11 is 2.05. The van der Waals surface area contributed by atoms with Crippen LogP contribution in [0, 0.1) is 11.8 Å². The Morgan fingerprint density at radius 3 is 2.29 bits per heavy atom. The molecule has 2 aliphatic heterocycles. The van der Waals surface area contributed by atoms with Crippen LogP contribution in [-0.4, -0.2) is 39.6 Å². The Balaban J connectivity index is 1.68. The molecular weight excluding hydrogens is 376 g/mol. The fourth-order valence-electron chi connectivity index (χ4n) is 4.88. The molecule has 0 unspecified atom stereocenters. The van der Waals surface area contributed by atoms with Gasteiger partial charge in [-0.05, 0) is 70.7 Å². The molecule has 1 fully saturated rings. The molecule has 0 radical (unpaired) electrons. The van der Waals surface area contributed by atoms with Crippen LogP contribution in [0.2, 0.25) is 0 Å². The quantitative estimate of drug-likeness (QED) is 0.770. The third kappa shape index (κ3) is 2.69. The molecule has 148 valence electrons. The van der Waals surface area contributed by atoms with Crippen molar-refractivity contribution in [1.82, 2.24) is 0 Å². The van der Waals surface area contributed by atoms with Crippen LogP contribution in [-0.2, 0) is 6.42 Å². The van der Waals surface area contributed by atoms with Gasteiger partial charge in [0.15, 0.2) is 23.0 Å². The summed E-state index contributed by atoms with van der Waals surface area (Å²) in [5.41, 5.74) is 3.90. The van der Waals surface area contributed by atoms with Gasteiger partial charge in [-0.3, -0.25) is 0 Å². The summed E-state index contributed by atoms with van der Waals surface area (Å²) < 4.78 is 28.1. The monoisotopic (exact) mass is 400 g/mol. The molecule has 5 nitrogen and oxygen atoms in total. The number of thioether (sulfide) groups is 1. The van der Waals surface area contributed by atoms with Gasteiger partial charge in [0.1, 0.15) is 0 Å². The van der Waals surface area contributed by atoms with E-state index in [1.54, 1.807) is 21.3 Å². The normalized spacial score (nSPS) is 24.5. The number of hydrogen-bond acceptors (Lipinski definition) is 6. The molecule has 6 heteroatoms. The lowest BCUT2D eigenvalue weighted by Crippen LogP contribution is -2.29. The molecular formula is C22H24O5S. The second-order valence-corrected chi connectivity index (χ2v) is 8.58. The van der Waals surface area contributed by atoms with Gasteiger partial charge in [0.25, 0.3) is 0 Å². The molecule has 3 aliphatic rings. The van der Waals surface area contributed by atoms with Gasteiger partial charge < -0.3 is 23.7 Å². The molecule has 0 bridgehead atoms. The molecule has 1 saturated heterocycles. The fourth-order valence-corrected chi connectivity index (χ4v) is 6.42. The highest BCUT2D eigenvalue weighted by atomic mass is 32.2. The summed E-state index contributed by atoms with van der Waals surface area (Å²) in [7, 11) is 4.98. The van der Waals surface area contributed by atoms with Crippen molar-refractivity contribution in [3.63, 3.8) is 0 Å². The third-order valence-corrected chi connectivity index (χ3v) is 7.46. The lowest BCUT2D eigenvalue weighted by Gasteiger charge is -2.36. The summed E-state index contributed by atoms with van der Waals surface area (Å²) in [5.74, 6) is 7.65. The summed E-state index contributed by atoms with van der Waals surface area (Å²) in [6.07, 6.45) is 1.10. The minimum Gasteiger partial charge on any atom is -0.493 e. The number of rotatable bonds is 4. The molecule has 0 amide bonds. The maximum atomic E-state index is 5.69. The molecule has 28 heavy (non-hydrogen) atoms. The number of hydrogen-bond donors (Lipinski definition) is 0. The predicted molar refractivity (Wildman–Crippen MR) is 109 cm³/mol. The van der Waals surface area contributed by atoms with Crippen LogP contribution < -0.4 is 23.7 Å². The highest BCUT2D eigenvalue weighted by Crippen LogP contribution is 2.53. The Kier molecular flexibility index (Phi) is 4.46. The maximum Gasteiger partial charge on any atom is 0.231 e.